The van der Waals surface area contributed by atoms with Crippen molar-refractivity contribution >= 4 is 11.9 Å². The molecule has 0 spiro atoms. The van der Waals surface area contributed by atoms with Gasteiger partial charge in [-0.3, -0.25) is 4.79 Å². The van der Waals surface area contributed by atoms with Crippen LogP contribution in [0.3, 0.4) is 0 Å². The first-order chi connectivity index (χ1) is 8.13. The van der Waals surface area contributed by atoms with Gasteiger partial charge in [0.05, 0.1) is 6.54 Å². The number of furan rings is 1. The lowest BCUT2D eigenvalue weighted by Crippen LogP contribution is -2.22. The molecule has 1 aromatic heterocycles. The van der Waals surface area contributed by atoms with Crippen LogP contribution in [0.15, 0.2) is 16.5 Å². The molecule has 1 amide bonds. The highest BCUT2D eigenvalue weighted by Crippen LogP contribution is 2.07. The van der Waals surface area contributed by atoms with Crippen LogP contribution in [0.4, 0.5) is 0 Å². The SMILES string of the molecule is COCCCC(=O)NCc1ccc(C(=O)O)o1. The number of carboxylic acids is 1. The predicted molar refractivity (Wildman–Crippen MR) is 58.6 cm³/mol. The molecule has 94 valence electrons. The Labute approximate surface area is 98.6 Å². The molecule has 0 saturated carbocycles. The lowest BCUT2D eigenvalue weighted by molar-refractivity contribution is -0.121. The van der Waals surface area contributed by atoms with Crippen LogP contribution in [0.5, 0.6) is 0 Å². The largest absolute Gasteiger partial charge is 0.475 e. The van der Waals surface area contributed by atoms with Crippen LogP contribution in [0, 0.1) is 0 Å². The zero-order valence-electron chi connectivity index (χ0n) is 9.56. The first kappa shape index (κ1) is 13.2. The van der Waals surface area contributed by atoms with E-state index in [0.29, 0.717) is 25.2 Å². The maximum absolute atomic E-state index is 11.3. The van der Waals surface area contributed by atoms with Gasteiger partial charge in [-0.15, -0.1) is 0 Å². The number of hydrogen-bond donors (Lipinski definition) is 2. The molecule has 17 heavy (non-hydrogen) atoms. The summed E-state index contributed by atoms with van der Waals surface area (Å²) in [4.78, 5) is 21.8. The van der Waals surface area contributed by atoms with E-state index in [0.717, 1.165) is 0 Å². The summed E-state index contributed by atoms with van der Waals surface area (Å²) in [5.74, 6) is -0.950. The molecule has 2 N–H and O–H groups in total. The predicted octanol–water partition coefficient (Wildman–Crippen LogP) is 1.02. The van der Waals surface area contributed by atoms with E-state index < -0.39 is 5.97 Å². The van der Waals surface area contributed by atoms with Crippen LogP contribution in [0.25, 0.3) is 0 Å². The quantitative estimate of drug-likeness (QED) is 0.696. The third kappa shape index (κ3) is 4.69. The molecule has 0 fully saturated rings. The summed E-state index contributed by atoms with van der Waals surface area (Å²) in [6.07, 6.45) is 1.03. The average Bonchev–Trinajstić information content (AvgIpc) is 2.75. The van der Waals surface area contributed by atoms with Crippen LogP contribution in [0.1, 0.15) is 29.2 Å². The highest BCUT2D eigenvalue weighted by Gasteiger charge is 2.09. The van der Waals surface area contributed by atoms with Crippen LogP contribution in [-0.2, 0) is 16.1 Å². The molecule has 1 aromatic rings. The van der Waals surface area contributed by atoms with Crippen molar-refractivity contribution in [3.63, 3.8) is 0 Å². The Bertz CT molecular complexity index is 385. The summed E-state index contributed by atoms with van der Waals surface area (Å²) in [7, 11) is 1.58. The van der Waals surface area contributed by atoms with Gasteiger partial charge in [0.25, 0.3) is 0 Å². The Morgan fingerprint density at radius 2 is 2.24 bits per heavy atom. The number of methoxy groups -OCH3 is 1. The van der Waals surface area contributed by atoms with Crippen molar-refractivity contribution in [2.75, 3.05) is 13.7 Å². The van der Waals surface area contributed by atoms with Gasteiger partial charge >= 0.3 is 5.97 Å². The normalized spacial score (nSPS) is 10.2. The fraction of sp³-hybridized carbons (Fsp3) is 0.455. The van der Waals surface area contributed by atoms with Crippen molar-refractivity contribution in [2.24, 2.45) is 0 Å². The van der Waals surface area contributed by atoms with Gasteiger partial charge < -0.3 is 19.6 Å². The van der Waals surface area contributed by atoms with Gasteiger partial charge in [-0.05, 0) is 18.6 Å². The molecule has 6 nitrogen and oxygen atoms in total. The summed E-state index contributed by atoms with van der Waals surface area (Å²) in [6.45, 7) is 0.733. The number of carbonyl (C=O) groups is 2. The monoisotopic (exact) mass is 241 g/mol. The van der Waals surface area contributed by atoms with Gasteiger partial charge in [-0.2, -0.15) is 0 Å². The van der Waals surface area contributed by atoms with E-state index in [-0.39, 0.29) is 18.2 Å². The zero-order chi connectivity index (χ0) is 12.7. The van der Waals surface area contributed by atoms with E-state index in [1.54, 1.807) is 7.11 Å². The van der Waals surface area contributed by atoms with E-state index in [1.807, 2.05) is 0 Å². The molecule has 1 heterocycles. The number of rotatable bonds is 7. The number of hydrogen-bond acceptors (Lipinski definition) is 4. The molecule has 0 unspecified atom stereocenters. The van der Waals surface area contributed by atoms with E-state index in [1.165, 1.54) is 12.1 Å². The van der Waals surface area contributed by atoms with Crippen molar-refractivity contribution in [1.82, 2.24) is 5.32 Å². The zero-order valence-corrected chi connectivity index (χ0v) is 9.56. The molecule has 6 heteroatoms. The molecule has 0 aliphatic rings. The average molecular weight is 241 g/mol. The van der Waals surface area contributed by atoms with E-state index in [4.69, 9.17) is 14.3 Å². The number of amides is 1. The minimum atomic E-state index is -1.12. The van der Waals surface area contributed by atoms with E-state index >= 15 is 0 Å². The van der Waals surface area contributed by atoms with Gasteiger partial charge in [0.1, 0.15) is 5.76 Å². The van der Waals surface area contributed by atoms with Crippen LogP contribution in [0.2, 0.25) is 0 Å². The standard InChI is InChI=1S/C11H15NO5/c1-16-6-2-3-10(13)12-7-8-4-5-9(17-8)11(14)15/h4-5H,2-3,6-7H2,1H3,(H,12,13)(H,14,15). The molecule has 0 bridgehead atoms. The number of nitrogens with one attached hydrogen (secondary N) is 1. The van der Waals surface area contributed by atoms with Crippen LogP contribution < -0.4 is 5.32 Å². The van der Waals surface area contributed by atoms with Crippen molar-refractivity contribution in [1.29, 1.82) is 0 Å². The molecule has 0 saturated heterocycles. The molecule has 0 aromatic carbocycles. The molecule has 0 aliphatic heterocycles. The van der Waals surface area contributed by atoms with Crippen molar-refractivity contribution < 1.29 is 23.8 Å². The number of aromatic carboxylic acids is 1. The Morgan fingerprint density at radius 3 is 2.82 bits per heavy atom. The van der Waals surface area contributed by atoms with Crippen LogP contribution in [-0.4, -0.2) is 30.7 Å². The highest BCUT2D eigenvalue weighted by atomic mass is 16.5. The second-order valence-electron chi connectivity index (χ2n) is 3.44. The summed E-state index contributed by atoms with van der Waals surface area (Å²) in [6, 6.07) is 2.88. The van der Waals surface area contributed by atoms with E-state index in [9.17, 15) is 9.59 Å². The van der Waals surface area contributed by atoms with Crippen molar-refractivity contribution in [2.45, 2.75) is 19.4 Å². The summed E-state index contributed by atoms with van der Waals surface area (Å²) in [5.41, 5.74) is 0. The van der Waals surface area contributed by atoms with Crippen LogP contribution >= 0.6 is 0 Å². The Balaban J connectivity index is 2.29. The first-order valence-electron chi connectivity index (χ1n) is 5.21. The van der Waals surface area contributed by atoms with Gasteiger partial charge in [-0.25, -0.2) is 4.79 Å². The molecule has 0 radical (unpaired) electrons. The minimum Gasteiger partial charge on any atom is -0.475 e. The fourth-order valence-electron chi connectivity index (χ4n) is 1.24. The smallest absolute Gasteiger partial charge is 0.371 e. The highest BCUT2D eigenvalue weighted by molar-refractivity contribution is 5.84. The molecule has 0 atom stereocenters. The van der Waals surface area contributed by atoms with E-state index in [2.05, 4.69) is 5.32 Å². The Morgan fingerprint density at radius 1 is 1.47 bits per heavy atom. The van der Waals surface area contributed by atoms with Gasteiger partial charge in [0.15, 0.2) is 0 Å². The summed E-state index contributed by atoms with van der Waals surface area (Å²) < 4.78 is 9.80. The number of carboxylic acid groups (broad SMARTS) is 1. The second kappa shape index (κ2) is 6.70. The lowest BCUT2D eigenvalue weighted by atomic mass is 10.3. The minimum absolute atomic E-state index is 0.115. The van der Waals surface area contributed by atoms with Gasteiger partial charge in [0, 0.05) is 20.1 Å². The molecule has 1 rings (SSSR count). The Hall–Kier alpha value is -1.82. The topological polar surface area (TPSA) is 88.8 Å². The number of ether oxygens (including phenoxy) is 1. The molecule has 0 aliphatic carbocycles. The first-order valence-corrected chi connectivity index (χ1v) is 5.21. The summed E-state index contributed by atoms with van der Waals surface area (Å²) in [5, 5.41) is 11.3. The third-order valence-electron chi connectivity index (χ3n) is 2.08. The lowest BCUT2D eigenvalue weighted by Gasteiger charge is -2.02. The van der Waals surface area contributed by atoms with Crippen molar-refractivity contribution in [3.8, 4) is 0 Å². The molecular formula is C11H15NO5. The van der Waals surface area contributed by atoms with Crippen molar-refractivity contribution in [3.05, 3.63) is 23.7 Å². The Kier molecular flexibility index (Phi) is 5.22. The number of carbonyl (C=O) groups excluding carboxylic acids is 1. The van der Waals surface area contributed by atoms with Gasteiger partial charge in [-0.1, -0.05) is 0 Å². The second-order valence-corrected chi connectivity index (χ2v) is 3.44. The third-order valence-corrected chi connectivity index (χ3v) is 2.08. The maximum atomic E-state index is 11.3. The summed E-state index contributed by atoms with van der Waals surface area (Å²) >= 11 is 0. The molecular weight excluding hydrogens is 226 g/mol. The van der Waals surface area contributed by atoms with Gasteiger partial charge in [0.2, 0.25) is 11.7 Å². The fourth-order valence-corrected chi connectivity index (χ4v) is 1.24. The maximum Gasteiger partial charge on any atom is 0.371 e.